The van der Waals surface area contributed by atoms with Gasteiger partial charge in [-0.05, 0) is 37.6 Å². The molecular weight excluding hydrogens is 326 g/mol. The maximum atomic E-state index is 12.3. The Labute approximate surface area is 133 Å². The molecule has 0 aliphatic rings. The maximum absolute atomic E-state index is 12.3. The van der Waals surface area contributed by atoms with E-state index in [4.69, 9.17) is 11.6 Å². The van der Waals surface area contributed by atoms with Crippen LogP contribution < -0.4 is 10.3 Å². The number of sulfonamides is 1. The maximum Gasteiger partial charge on any atom is 0.266 e. The van der Waals surface area contributed by atoms with Gasteiger partial charge in [0.2, 0.25) is 10.0 Å². The van der Waals surface area contributed by atoms with Gasteiger partial charge in [-0.2, -0.15) is 5.10 Å². The zero-order valence-electron chi connectivity index (χ0n) is 12.2. The molecule has 0 aliphatic heterocycles. The average molecular weight is 342 g/mol. The van der Waals surface area contributed by atoms with Crippen LogP contribution in [0.25, 0.3) is 0 Å². The molecule has 0 saturated carbocycles. The summed E-state index contributed by atoms with van der Waals surface area (Å²) in [6, 6.07) is 7.71. The summed E-state index contributed by atoms with van der Waals surface area (Å²) in [5, 5.41) is 4.43. The summed E-state index contributed by atoms with van der Waals surface area (Å²) in [5.74, 6) is 0. The van der Waals surface area contributed by atoms with Gasteiger partial charge in [-0.3, -0.25) is 4.79 Å². The van der Waals surface area contributed by atoms with E-state index < -0.39 is 10.0 Å². The van der Waals surface area contributed by atoms with E-state index in [0.29, 0.717) is 16.3 Å². The number of rotatable bonds is 5. The second kappa shape index (κ2) is 6.60. The Hall–Kier alpha value is -1.70. The van der Waals surface area contributed by atoms with Crippen LogP contribution in [-0.4, -0.2) is 24.7 Å². The molecule has 1 aromatic carbocycles. The van der Waals surface area contributed by atoms with Gasteiger partial charge < -0.3 is 0 Å². The number of nitrogens with zero attached hydrogens (tertiary/aromatic N) is 2. The van der Waals surface area contributed by atoms with E-state index in [-0.39, 0.29) is 23.5 Å². The highest BCUT2D eigenvalue weighted by atomic mass is 35.5. The van der Waals surface area contributed by atoms with E-state index in [1.165, 1.54) is 16.8 Å². The Morgan fingerprint density at radius 1 is 1.23 bits per heavy atom. The number of nitrogens with one attached hydrogen (secondary N) is 1. The third kappa shape index (κ3) is 3.73. The molecule has 2 rings (SSSR count). The summed E-state index contributed by atoms with van der Waals surface area (Å²) in [5.41, 5.74) is 0.902. The lowest BCUT2D eigenvalue weighted by Gasteiger charge is -2.10. The van der Waals surface area contributed by atoms with Gasteiger partial charge in [-0.25, -0.2) is 17.8 Å². The average Bonchev–Trinajstić information content (AvgIpc) is 2.45. The van der Waals surface area contributed by atoms with Gasteiger partial charge in [0.15, 0.2) is 0 Å². The van der Waals surface area contributed by atoms with Crippen molar-refractivity contribution in [3.8, 4) is 0 Å². The van der Waals surface area contributed by atoms with E-state index in [2.05, 4.69) is 9.82 Å². The Bertz CT molecular complexity index is 847. The van der Waals surface area contributed by atoms with Crippen LogP contribution in [-0.2, 0) is 16.6 Å². The van der Waals surface area contributed by atoms with Gasteiger partial charge in [-0.1, -0.05) is 17.7 Å². The minimum Gasteiger partial charge on any atom is -0.268 e. The number of aryl methyl sites for hydroxylation is 1. The van der Waals surface area contributed by atoms with Crippen molar-refractivity contribution in [1.82, 2.24) is 14.5 Å². The zero-order valence-corrected chi connectivity index (χ0v) is 13.8. The molecule has 22 heavy (non-hydrogen) atoms. The third-order valence-corrected chi connectivity index (χ3v) is 5.14. The van der Waals surface area contributed by atoms with E-state index in [9.17, 15) is 13.2 Å². The number of halogens is 1. The van der Waals surface area contributed by atoms with Crippen molar-refractivity contribution in [3.63, 3.8) is 0 Å². The topological polar surface area (TPSA) is 81.1 Å². The summed E-state index contributed by atoms with van der Waals surface area (Å²) in [6.45, 7) is 3.61. The van der Waals surface area contributed by atoms with Crippen LogP contribution >= 0.6 is 11.6 Å². The largest absolute Gasteiger partial charge is 0.268 e. The highest BCUT2D eigenvalue weighted by Crippen LogP contribution is 2.22. The minimum atomic E-state index is -3.68. The van der Waals surface area contributed by atoms with Crippen molar-refractivity contribution in [2.24, 2.45) is 0 Å². The highest BCUT2D eigenvalue weighted by Gasteiger charge is 2.17. The van der Waals surface area contributed by atoms with Crippen LogP contribution in [0.3, 0.4) is 0 Å². The fraction of sp³-hybridized carbons (Fsp3) is 0.286. The van der Waals surface area contributed by atoms with Crippen molar-refractivity contribution in [2.45, 2.75) is 25.3 Å². The Morgan fingerprint density at radius 2 is 1.95 bits per heavy atom. The van der Waals surface area contributed by atoms with Crippen molar-refractivity contribution < 1.29 is 8.42 Å². The van der Waals surface area contributed by atoms with Crippen LogP contribution in [0.1, 0.15) is 11.3 Å². The molecule has 0 saturated heterocycles. The van der Waals surface area contributed by atoms with Crippen LogP contribution in [0.15, 0.2) is 40.0 Å². The molecule has 1 N–H and O–H groups in total. The Kier molecular flexibility index (Phi) is 5.00. The second-order valence-corrected chi connectivity index (χ2v) is 6.94. The molecule has 8 heteroatoms. The number of hydrogen-bond donors (Lipinski definition) is 1. The first-order valence-corrected chi connectivity index (χ1v) is 8.47. The monoisotopic (exact) mass is 341 g/mol. The molecule has 1 aromatic heterocycles. The first-order valence-electron chi connectivity index (χ1n) is 6.61. The van der Waals surface area contributed by atoms with Crippen LogP contribution in [0.5, 0.6) is 0 Å². The molecule has 1 heterocycles. The summed E-state index contributed by atoms with van der Waals surface area (Å²) >= 11 is 5.94. The zero-order chi connectivity index (χ0) is 16.3. The molecule has 2 aromatic rings. The van der Waals surface area contributed by atoms with Crippen LogP contribution in [0, 0.1) is 13.8 Å². The first kappa shape index (κ1) is 16.7. The second-order valence-electron chi connectivity index (χ2n) is 4.80. The molecule has 118 valence electrons. The summed E-state index contributed by atoms with van der Waals surface area (Å²) in [7, 11) is -3.68. The standard InChI is InChI=1S/C14H16ClN3O3S/c1-10-6-7-14(19)18(17-10)9-8-16-22(20,21)13-5-3-4-12(15)11(13)2/h3-7,16H,8-9H2,1-2H3. The quantitative estimate of drug-likeness (QED) is 0.893. The predicted octanol–water partition coefficient (Wildman–Crippen LogP) is 1.49. The summed E-state index contributed by atoms with van der Waals surface area (Å²) in [6.07, 6.45) is 0. The fourth-order valence-corrected chi connectivity index (χ4v) is 3.47. The van der Waals surface area contributed by atoms with E-state index in [1.54, 1.807) is 32.0 Å². The third-order valence-electron chi connectivity index (χ3n) is 3.12. The summed E-state index contributed by atoms with van der Waals surface area (Å²) in [4.78, 5) is 11.7. The minimum absolute atomic E-state index is 0.0602. The van der Waals surface area contributed by atoms with Gasteiger partial charge in [0.05, 0.1) is 17.1 Å². The number of hydrogen-bond acceptors (Lipinski definition) is 4. The van der Waals surface area contributed by atoms with Crippen LogP contribution in [0.4, 0.5) is 0 Å². The molecule has 0 aliphatic carbocycles. The molecule has 0 amide bonds. The lowest BCUT2D eigenvalue weighted by Crippen LogP contribution is -2.32. The van der Waals surface area contributed by atoms with Crippen molar-refractivity contribution in [1.29, 1.82) is 0 Å². The molecule has 0 fully saturated rings. The SMILES string of the molecule is Cc1ccc(=O)n(CCNS(=O)(=O)c2cccc(Cl)c2C)n1. The molecule has 6 nitrogen and oxygen atoms in total. The van der Waals surface area contributed by atoms with Gasteiger partial charge >= 0.3 is 0 Å². The van der Waals surface area contributed by atoms with Crippen molar-refractivity contribution in [3.05, 3.63) is 57.0 Å². The van der Waals surface area contributed by atoms with E-state index >= 15 is 0 Å². The summed E-state index contributed by atoms with van der Waals surface area (Å²) < 4.78 is 28.2. The van der Waals surface area contributed by atoms with Crippen molar-refractivity contribution >= 4 is 21.6 Å². The number of aromatic nitrogens is 2. The van der Waals surface area contributed by atoms with Crippen LogP contribution in [0.2, 0.25) is 5.02 Å². The van der Waals surface area contributed by atoms with Gasteiger partial charge in [0.25, 0.3) is 5.56 Å². The normalized spacial score (nSPS) is 11.6. The van der Waals surface area contributed by atoms with Gasteiger partial charge in [0.1, 0.15) is 0 Å². The van der Waals surface area contributed by atoms with E-state index in [1.807, 2.05) is 0 Å². The predicted molar refractivity (Wildman–Crippen MR) is 84.6 cm³/mol. The molecule has 0 radical (unpaired) electrons. The first-order chi connectivity index (χ1) is 10.3. The molecule has 0 unspecified atom stereocenters. The molecular formula is C14H16ClN3O3S. The molecule has 0 atom stereocenters. The highest BCUT2D eigenvalue weighted by molar-refractivity contribution is 7.89. The van der Waals surface area contributed by atoms with E-state index in [0.717, 1.165) is 0 Å². The lowest BCUT2D eigenvalue weighted by molar-refractivity contribution is 0.543. The van der Waals surface area contributed by atoms with Crippen molar-refractivity contribution in [2.75, 3.05) is 6.54 Å². The lowest BCUT2D eigenvalue weighted by atomic mass is 10.2. The van der Waals surface area contributed by atoms with Gasteiger partial charge in [-0.15, -0.1) is 0 Å². The fourth-order valence-electron chi connectivity index (χ4n) is 1.95. The molecule has 0 spiro atoms. The molecule has 0 bridgehead atoms. The Morgan fingerprint density at radius 3 is 2.68 bits per heavy atom. The number of benzene rings is 1. The van der Waals surface area contributed by atoms with Gasteiger partial charge in [0, 0.05) is 17.6 Å². The Balaban J connectivity index is 2.12. The smallest absolute Gasteiger partial charge is 0.266 e.